The summed E-state index contributed by atoms with van der Waals surface area (Å²) in [5, 5.41) is 2.78. The molecule has 1 aromatic heterocycles. The van der Waals surface area contributed by atoms with Crippen LogP contribution < -0.4 is 11.1 Å². The van der Waals surface area contributed by atoms with Gasteiger partial charge in [0.2, 0.25) is 0 Å². The number of hydrogen-bond acceptors (Lipinski definition) is 3. The summed E-state index contributed by atoms with van der Waals surface area (Å²) in [6, 6.07) is 5.49. The van der Waals surface area contributed by atoms with Crippen molar-refractivity contribution in [2.75, 3.05) is 6.54 Å². The van der Waals surface area contributed by atoms with E-state index in [0.29, 0.717) is 12.2 Å². The Morgan fingerprint density at radius 1 is 1.47 bits per heavy atom. The third-order valence-corrected chi connectivity index (χ3v) is 2.01. The van der Waals surface area contributed by atoms with Crippen LogP contribution in [-0.2, 0) is 0 Å². The van der Waals surface area contributed by atoms with Gasteiger partial charge in [0.05, 0.1) is 0 Å². The van der Waals surface area contributed by atoms with E-state index in [-0.39, 0.29) is 36.8 Å². The van der Waals surface area contributed by atoms with E-state index in [0.717, 1.165) is 12.1 Å². The quantitative estimate of drug-likeness (QED) is 0.882. The number of hydrogen-bond donors (Lipinski definition) is 2. The molecule has 0 saturated heterocycles. The summed E-state index contributed by atoms with van der Waals surface area (Å²) in [5.41, 5.74) is 6.87. The van der Waals surface area contributed by atoms with Gasteiger partial charge >= 0.3 is 0 Å². The van der Waals surface area contributed by atoms with Gasteiger partial charge in [-0.2, -0.15) is 0 Å². The molecule has 0 aliphatic heterocycles. The minimum absolute atomic E-state index is 0. The molecule has 4 nitrogen and oxygen atoms in total. The summed E-state index contributed by atoms with van der Waals surface area (Å²) in [6.45, 7) is 4.36. The Hall–Kier alpha value is -0.840. The summed E-state index contributed by atoms with van der Waals surface area (Å²) < 4.78 is 0. The average Bonchev–Trinajstić information content (AvgIpc) is 2.17. The van der Waals surface area contributed by atoms with Gasteiger partial charge in [0.25, 0.3) is 5.91 Å². The second-order valence-electron chi connectivity index (χ2n) is 3.69. The smallest absolute Gasteiger partial charge is 0.269 e. The number of aromatic nitrogens is 1. The Kier molecular flexibility index (Phi) is 10.0. The first kappa shape index (κ1) is 18.5. The fourth-order valence-electron chi connectivity index (χ4n) is 1.17. The monoisotopic (exact) mass is 279 g/mol. The van der Waals surface area contributed by atoms with Crippen LogP contribution in [0.15, 0.2) is 18.2 Å². The Balaban J connectivity index is 0. The molecule has 1 rings (SSSR count). The molecule has 1 amide bonds. The van der Waals surface area contributed by atoms with Gasteiger partial charge in [0.1, 0.15) is 5.69 Å². The van der Waals surface area contributed by atoms with Crippen molar-refractivity contribution in [3.05, 3.63) is 29.6 Å². The molecule has 0 aromatic carbocycles. The van der Waals surface area contributed by atoms with Gasteiger partial charge in [0.15, 0.2) is 0 Å². The van der Waals surface area contributed by atoms with E-state index in [1.165, 1.54) is 0 Å². The molecule has 1 atom stereocenters. The lowest BCUT2D eigenvalue weighted by Gasteiger charge is -2.06. The van der Waals surface area contributed by atoms with Crippen molar-refractivity contribution in [2.24, 2.45) is 5.73 Å². The summed E-state index contributed by atoms with van der Waals surface area (Å²) in [4.78, 5) is 15.7. The maximum absolute atomic E-state index is 11.6. The largest absolute Gasteiger partial charge is 0.351 e. The normalized spacial score (nSPS) is 10.8. The summed E-state index contributed by atoms with van der Waals surface area (Å²) in [5.74, 6) is -0.139. The fourth-order valence-corrected chi connectivity index (χ4v) is 1.17. The zero-order valence-corrected chi connectivity index (χ0v) is 11.6. The molecule has 0 saturated carbocycles. The number of halogens is 2. The van der Waals surface area contributed by atoms with Crippen molar-refractivity contribution >= 4 is 30.7 Å². The second kappa shape index (κ2) is 9.22. The van der Waals surface area contributed by atoms with Crippen LogP contribution in [0.1, 0.15) is 29.5 Å². The van der Waals surface area contributed by atoms with Gasteiger partial charge in [-0.15, -0.1) is 24.8 Å². The van der Waals surface area contributed by atoms with Crippen LogP contribution in [0.3, 0.4) is 0 Å². The maximum atomic E-state index is 11.6. The van der Waals surface area contributed by atoms with E-state index in [9.17, 15) is 4.79 Å². The number of aryl methyl sites for hydroxylation is 1. The Morgan fingerprint density at radius 2 is 2.12 bits per heavy atom. The van der Waals surface area contributed by atoms with Gasteiger partial charge in [-0.3, -0.25) is 4.79 Å². The number of carbonyl (C=O) groups is 1. The highest BCUT2D eigenvalue weighted by molar-refractivity contribution is 5.92. The lowest BCUT2D eigenvalue weighted by molar-refractivity contribution is 0.0947. The fraction of sp³-hybridized carbons (Fsp3) is 0.455. The first-order valence-electron chi connectivity index (χ1n) is 5.07. The van der Waals surface area contributed by atoms with Crippen LogP contribution in [0.4, 0.5) is 0 Å². The van der Waals surface area contributed by atoms with Gasteiger partial charge < -0.3 is 11.1 Å². The number of pyridine rings is 1. The van der Waals surface area contributed by atoms with E-state index in [1.54, 1.807) is 6.07 Å². The van der Waals surface area contributed by atoms with E-state index in [4.69, 9.17) is 5.73 Å². The van der Waals surface area contributed by atoms with Crippen LogP contribution in [0.25, 0.3) is 0 Å². The predicted molar refractivity (Wildman–Crippen MR) is 74.1 cm³/mol. The SMILES string of the molecule is Cc1cccc(C(=O)NCCC(C)N)n1.Cl.Cl. The second-order valence-corrected chi connectivity index (χ2v) is 3.69. The molecule has 0 fully saturated rings. The van der Waals surface area contributed by atoms with Crippen LogP contribution in [-0.4, -0.2) is 23.5 Å². The first-order chi connectivity index (χ1) is 7.09. The van der Waals surface area contributed by atoms with Gasteiger partial charge in [0, 0.05) is 18.3 Å². The molecule has 0 spiro atoms. The van der Waals surface area contributed by atoms with Crippen LogP contribution in [0, 0.1) is 6.92 Å². The third-order valence-electron chi connectivity index (χ3n) is 2.01. The van der Waals surface area contributed by atoms with Crippen molar-refractivity contribution in [1.82, 2.24) is 10.3 Å². The minimum atomic E-state index is -0.139. The number of amides is 1. The lowest BCUT2D eigenvalue weighted by Crippen LogP contribution is -2.29. The number of nitrogens with two attached hydrogens (primary N) is 1. The van der Waals surface area contributed by atoms with Crippen molar-refractivity contribution in [1.29, 1.82) is 0 Å². The molecule has 0 bridgehead atoms. The van der Waals surface area contributed by atoms with Crippen LogP contribution in [0.2, 0.25) is 0 Å². The molecular weight excluding hydrogens is 261 g/mol. The molecular formula is C11H19Cl2N3O. The molecule has 1 unspecified atom stereocenters. The number of carbonyl (C=O) groups excluding carboxylic acids is 1. The Labute approximate surface area is 114 Å². The summed E-state index contributed by atoms with van der Waals surface area (Å²) >= 11 is 0. The number of nitrogens with one attached hydrogen (secondary N) is 1. The minimum Gasteiger partial charge on any atom is -0.351 e. The molecule has 1 aromatic rings. The Bertz CT molecular complexity index is 345. The molecule has 3 N–H and O–H groups in total. The van der Waals surface area contributed by atoms with Crippen LogP contribution in [0.5, 0.6) is 0 Å². The van der Waals surface area contributed by atoms with E-state index in [1.807, 2.05) is 26.0 Å². The lowest BCUT2D eigenvalue weighted by atomic mass is 10.2. The molecule has 0 aliphatic carbocycles. The molecule has 17 heavy (non-hydrogen) atoms. The molecule has 0 aliphatic rings. The summed E-state index contributed by atoms with van der Waals surface area (Å²) in [6.07, 6.45) is 0.775. The Morgan fingerprint density at radius 3 is 2.65 bits per heavy atom. The van der Waals surface area contributed by atoms with Gasteiger partial charge in [-0.1, -0.05) is 6.07 Å². The molecule has 6 heteroatoms. The first-order valence-corrected chi connectivity index (χ1v) is 5.07. The summed E-state index contributed by atoms with van der Waals surface area (Å²) in [7, 11) is 0. The highest BCUT2D eigenvalue weighted by Crippen LogP contribution is 1.97. The maximum Gasteiger partial charge on any atom is 0.269 e. The van der Waals surface area contributed by atoms with Crippen molar-refractivity contribution in [3.63, 3.8) is 0 Å². The predicted octanol–water partition coefficient (Wildman–Crippen LogP) is 1.70. The molecule has 0 radical (unpaired) electrons. The molecule has 1 heterocycles. The van der Waals surface area contributed by atoms with E-state index < -0.39 is 0 Å². The van der Waals surface area contributed by atoms with E-state index >= 15 is 0 Å². The van der Waals surface area contributed by atoms with Crippen LogP contribution >= 0.6 is 24.8 Å². The van der Waals surface area contributed by atoms with Crippen molar-refractivity contribution < 1.29 is 4.79 Å². The average molecular weight is 280 g/mol. The van der Waals surface area contributed by atoms with Crippen molar-refractivity contribution in [3.8, 4) is 0 Å². The third kappa shape index (κ3) is 7.15. The highest BCUT2D eigenvalue weighted by Gasteiger charge is 2.06. The zero-order chi connectivity index (χ0) is 11.3. The standard InChI is InChI=1S/C11H17N3O.2ClH/c1-8(12)6-7-13-11(15)10-5-3-4-9(2)14-10;;/h3-5,8H,6-7,12H2,1-2H3,(H,13,15);2*1H. The zero-order valence-electron chi connectivity index (χ0n) is 9.97. The molecule has 98 valence electrons. The number of nitrogens with zero attached hydrogens (tertiary/aromatic N) is 1. The van der Waals surface area contributed by atoms with Gasteiger partial charge in [-0.25, -0.2) is 4.98 Å². The number of rotatable bonds is 4. The van der Waals surface area contributed by atoms with Gasteiger partial charge in [-0.05, 0) is 32.4 Å². The highest BCUT2D eigenvalue weighted by atomic mass is 35.5. The topological polar surface area (TPSA) is 68.0 Å². The van der Waals surface area contributed by atoms with E-state index in [2.05, 4.69) is 10.3 Å². The van der Waals surface area contributed by atoms with Crippen molar-refractivity contribution in [2.45, 2.75) is 26.3 Å².